The van der Waals surface area contributed by atoms with Gasteiger partial charge >= 0.3 is 5.97 Å². The van der Waals surface area contributed by atoms with E-state index in [1.165, 1.54) is 6.92 Å². The monoisotopic (exact) mass is 458 g/mol. The van der Waals surface area contributed by atoms with E-state index in [9.17, 15) is 24.0 Å². The van der Waals surface area contributed by atoms with Gasteiger partial charge in [-0.3, -0.25) is 29.0 Å². The van der Waals surface area contributed by atoms with Crippen molar-refractivity contribution in [2.45, 2.75) is 64.2 Å². The van der Waals surface area contributed by atoms with Gasteiger partial charge in [0.05, 0.1) is 12.5 Å². The highest BCUT2D eigenvalue weighted by molar-refractivity contribution is 5.96. The second-order valence-corrected chi connectivity index (χ2v) is 7.59. The number of aliphatic carboxylic acids is 1. The molecule has 0 aromatic carbocycles. The smallest absolute Gasteiger partial charge is 0.325 e. The van der Waals surface area contributed by atoms with Crippen LogP contribution in [0.2, 0.25) is 0 Å². The van der Waals surface area contributed by atoms with Crippen molar-refractivity contribution in [1.82, 2.24) is 16.0 Å². The summed E-state index contributed by atoms with van der Waals surface area (Å²) in [4.78, 5) is 63.5. The summed E-state index contributed by atoms with van der Waals surface area (Å²) in [6.07, 6.45) is 0.0738. The van der Waals surface area contributed by atoms with Gasteiger partial charge in [-0.15, -0.1) is 0 Å². The average molecular weight is 459 g/mol. The Kier molecular flexibility index (Phi) is 12.3. The number of amides is 4. The van der Waals surface area contributed by atoms with Crippen molar-refractivity contribution in [2.75, 3.05) is 6.54 Å². The molecule has 0 bridgehead atoms. The quantitative estimate of drug-likeness (QED) is 0.0726. The Balaban J connectivity index is 5.19. The number of hydrogen-bond donors (Lipinski definition) is 8. The number of aliphatic imine (C=N–C) groups is 1. The fourth-order valence-electron chi connectivity index (χ4n) is 2.49. The molecule has 0 saturated carbocycles. The Morgan fingerprint density at radius 1 is 0.906 bits per heavy atom. The summed E-state index contributed by atoms with van der Waals surface area (Å²) in [6, 6.07) is -4.69. The largest absolute Gasteiger partial charge is 0.480 e. The van der Waals surface area contributed by atoms with Gasteiger partial charge in [0.15, 0.2) is 5.96 Å². The average Bonchev–Trinajstić information content (AvgIpc) is 2.67. The zero-order valence-electron chi connectivity index (χ0n) is 18.5. The van der Waals surface area contributed by atoms with Crippen molar-refractivity contribution < 1.29 is 29.1 Å². The highest BCUT2D eigenvalue weighted by atomic mass is 16.4. The Bertz CT molecular complexity index is 722. The highest BCUT2D eigenvalue weighted by Gasteiger charge is 2.31. The summed E-state index contributed by atoms with van der Waals surface area (Å²) >= 11 is 0. The molecule has 14 heteroatoms. The molecular formula is C18H34N8O6. The van der Waals surface area contributed by atoms with Crippen molar-refractivity contribution in [1.29, 1.82) is 0 Å². The number of hydrogen-bond acceptors (Lipinski definition) is 7. The lowest BCUT2D eigenvalue weighted by Gasteiger charge is -2.26. The molecule has 0 aliphatic carbocycles. The van der Waals surface area contributed by atoms with Crippen LogP contribution in [-0.2, 0) is 24.0 Å². The Hall–Kier alpha value is -3.42. The first-order chi connectivity index (χ1) is 14.8. The van der Waals surface area contributed by atoms with Gasteiger partial charge in [-0.2, -0.15) is 0 Å². The van der Waals surface area contributed by atoms with Gasteiger partial charge in [-0.1, -0.05) is 13.8 Å². The van der Waals surface area contributed by atoms with E-state index < -0.39 is 66.1 Å². The molecule has 0 rings (SSSR count). The molecule has 0 spiro atoms. The molecule has 0 radical (unpaired) electrons. The number of carboxylic acid groups (broad SMARTS) is 1. The van der Waals surface area contributed by atoms with Crippen molar-refractivity contribution in [2.24, 2.45) is 33.8 Å². The molecule has 0 heterocycles. The van der Waals surface area contributed by atoms with Crippen LogP contribution in [0.3, 0.4) is 0 Å². The standard InChI is InChI=1S/C18H34N8O6/c1-8(2)13(16(30)24-9(3)17(31)32)26-15(29)11(7-12(20)27)25-14(28)10(19)5-4-6-23-18(21)22/h8-11,13H,4-7,19H2,1-3H3,(H2,20,27)(H,24,30)(H,25,28)(H,26,29)(H,31,32)(H4,21,22,23). The van der Waals surface area contributed by atoms with Crippen molar-refractivity contribution in [3.05, 3.63) is 0 Å². The molecule has 32 heavy (non-hydrogen) atoms. The van der Waals surface area contributed by atoms with E-state index in [0.717, 1.165) is 0 Å². The minimum Gasteiger partial charge on any atom is -0.480 e. The molecule has 0 saturated heterocycles. The number of nitrogens with two attached hydrogens (primary N) is 4. The van der Waals surface area contributed by atoms with Crippen LogP contribution < -0.4 is 38.9 Å². The third-order valence-electron chi connectivity index (χ3n) is 4.32. The molecule has 4 unspecified atom stereocenters. The lowest BCUT2D eigenvalue weighted by Crippen LogP contribution is -2.58. The molecule has 4 amide bonds. The van der Waals surface area contributed by atoms with Gasteiger partial charge in [0.25, 0.3) is 0 Å². The minimum absolute atomic E-state index is 0.0947. The molecule has 12 N–H and O–H groups in total. The van der Waals surface area contributed by atoms with Crippen LogP contribution in [-0.4, -0.2) is 71.4 Å². The van der Waals surface area contributed by atoms with Crippen molar-refractivity contribution in [3.8, 4) is 0 Å². The summed E-state index contributed by atoms with van der Waals surface area (Å²) in [6.45, 7) is 4.78. The van der Waals surface area contributed by atoms with E-state index in [1.54, 1.807) is 13.8 Å². The number of rotatable bonds is 14. The third-order valence-corrected chi connectivity index (χ3v) is 4.32. The zero-order valence-corrected chi connectivity index (χ0v) is 18.5. The molecule has 0 aromatic rings. The molecule has 0 fully saturated rings. The first-order valence-corrected chi connectivity index (χ1v) is 9.99. The van der Waals surface area contributed by atoms with Crippen LogP contribution in [0.1, 0.15) is 40.0 Å². The number of nitrogens with one attached hydrogen (secondary N) is 3. The number of nitrogens with zero attached hydrogens (tertiary/aromatic N) is 1. The molecule has 14 nitrogen and oxygen atoms in total. The molecule has 0 aliphatic heterocycles. The number of carboxylic acids is 1. The predicted molar refractivity (Wildman–Crippen MR) is 116 cm³/mol. The predicted octanol–water partition coefficient (Wildman–Crippen LogP) is -3.54. The van der Waals surface area contributed by atoms with Crippen molar-refractivity contribution in [3.63, 3.8) is 0 Å². The zero-order chi connectivity index (χ0) is 25.0. The lowest BCUT2D eigenvalue weighted by molar-refractivity contribution is -0.142. The van der Waals surface area contributed by atoms with Gasteiger partial charge < -0.3 is 44.0 Å². The second kappa shape index (κ2) is 13.8. The third kappa shape index (κ3) is 11.1. The molecule has 182 valence electrons. The normalized spacial score (nSPS) is 14.4. The van der Waals surface area contributed by atoms with E-state index in [4.69, 9.17) is 28.0 Å². The maximum Gasteiger partial charge on any atom is 0.325 e. The van der Waals surface area contributed by atoms with E-state index in [-0.39, 0.29) is 18.9 Å². The van der Waals surface area contributed by atoms with Crippen LogP contribution >= 0.6 is 0 Å². The summed E-state index contributed by atoms with van der Waals surface area (Å²) in [5, 5.41) is 16.0. The van der Waals surface area contributed by atoms with E-state index in [1.807, 2.05) is 0 Å². The Morgan fingerprint density at radius 3 is 1.97 bits per heavy atom. The number of carbonyl (C=O) groups is 5. The van der Waals surface area contributed by atoms with Crippen LogP contribution in [0.4, 0.5) is 0 Å². The van der Waals surface area contributed by atoms with Gasteiger partial charge in [0, 0.05) is 6.54 Å². The topological polar surface area (TPSA) is 258 Å². The van der Waals surface area contributed by atoms with E-state index in [0.29, 0.717) is 6.42 Å². The minimum atomic E-state index is -1.38. The van der Waals surface area contributed by atoms with Crippen LogP contribution in [0.25, 0.3) is 0 Å². The van der Waals surface area contributed by atoms with Crippen molar-refractivity contribution >= 4 is 35.6 Å². The maximum absolute atomic E-state index is 12.7. The fraction of sp³-hybridized carbons (Fsp3) is 0.667. The lowest BCUT2D eigenvalue weighted by atomic mass is 10.0. The summed E-state index contributed by atoms with van der Waals surface area (Å²) in [5.74, 6) is -4.92. The fourth-order valence-corrected chi connectivity index (χ4v) is 2.49. The highest BCUT2D eigenvalue weighted by Crippen LogP contribution is 2.05. The summed E-state index contributed by atoms with van der Waals surface area (Å²) < 4.78 is 0. The van der Waals surface area contributed by atoms with Gasteiger partial charge in [-0.05, 0) is 25.7 Å². The summed E-state index contributed by atoms with van der Waals surface area (Å²) in [5.41, 5.74) is 21.4. The molecular weight excluding hydrogens is 424 g/mol. The Morgan fingerprint density at radius 2 is 1.50 bits per heavy atom. The second-order valence-electron chi connectivity index (χ2n) is 7.59. The SMILES string of the molecule is CC(NC(=O)C(NC(=O)C(CC(N)=O)NC(=O)C(N)CCCN=C(N)N)C(C)C)C(=O)O. The summed E-state index contributed by atoms with van der Waals surface area (Å²) in [7, 11) is 0. The van der Waals surface area contributed by atoms with Gasteiger partial charge in [0.2, 0.25) is 23.6 Å². The molecule has 0 aromatic heterocycles. The first-order valence-electron chi connectivity index (χ1n) is 9.99. The van der Waals surface area contributed by atoms with Gasteiger partial charge in [0.1, 0.15) is 18.1 Å². The maximum atomic E-state index is 12.7. The van der Waals surface area contributed by atoms with Gasteiger partial charge in [-0.25, -0.2) is 0 Å². The van der Waals surface area contributed by atoms with Crippen LogP contribution in [0, 0.1) is 5.92 Å². The number of guanidine groups is 1. The van der Waals surface area contributed by atoms with E-state index >= 15 is 0 Å². The van der Waals surface area contributed by atoms with E-state index in [2.05, 4.69) is 20.9 Å². The number of carbonyl (C=O) groups excluding carboxylic acids is 4. The Labute approximate surface area is 185 Å². The number of primary amides is 1. The van der Waals surface area contributed by atoms with Crippen LogP contribution in [0.15, 0.2) is 4.99 Å². The van der Waals surface area contributed by atoms with Crippen LogP contribution in [0.5, 0.6) is 0 Å². The first kappa shape index (κ1) is 28.6. The molecule has 0 aliphatic rings. The molecule has 4 atom stereocenters.